The number of piperazine rings is 1. The molecule has 0 unspecified atom stereocenters. The number of carboxylic acid groups (broad SMARTS) is 1. The molecule has 0 spiro atoms. The van der Waals surface area contributed by atoms with Crippen LogP contribution in [0.5, 0.6) is 0 Å². The monoisotopic (exact) mass is 234 g/mol. The molecule has 1 N–H and O–H groups in total. The molecule has 0 radical (unpaired) electrons. The highest BCUT2D eigenvalue weighted by Crippen LogP contribution is 2.20. The van der Waals surface area contributed by atoms with Gasteiger partial charge in [-0.05, 0) is 37.7 Å². The van der Waals surface area contributed by atoms with E-state index in [0.29, 0.717) is 5.56 Å². The smallest absolute Gasteiger partial charge is 0.335 e. The number of hydrogen-bond donors (Lipinski definition) is 1. The highest BCUT2D eigenvalue weighted by Gasteiger charge is 2.15. The first-order valence-corrected chi connectivity index (χ1v) is 5.85. The molecule has 1 aliphatic heterocycles. The third kappa shape index (κ3) is 2.58. The van der Waals surface area contributed by atoms with E-state index in [1.165, 1.54) is 0 Å². The summed E-state index contributed by atoms with van der Waals surface area (Å²) >= 11 is 0. The molecule has 4 nitrogen and oxygen atoms in total. The van der Waals surface area contributed by atoms with Gasteiger partial charge in [-0.25, -0.2) is 4.79 Å². The third-order valence-electron chi connectivity index (χ3n) is 3.31. The zero-order chi connectivity index (χ0) is 12.4. The molecule has 0 bridgehead atoms. The molecular weight excluding hydrogens is 216 g/mol. The first-order valence-electron chi connectivity index (χ1n) is 5.85. The fourth-order valence-corrected chi connectivity index (χ4v) is 2.15. The van der Waals surface area contributed by atoms with Gasteiger partial charge in [0.15, 0.2) is 0 Å². The number of carboxylic acids is 1. The molecular formula is C13H18N2O2. The average molecular weight is 234 g/mol. The number of carbonyl (C=O) groups is 1. The number of rotatable bonds is 2. The number of likely N-dealkylation sites (N-methyl/N-ethyl adjacent to an activating group) is 1. The zero-order valence-electron chi connectivity index (χ0n) is 10.3. The fraction of sp³-hybridized carbons (Fsp3) is 0.462. The molecule has 4 heteroatoms. The molecule has 0 aromatic heterocycles. The summed E-state index contributed by atoms with van der Waals surface area (Å²) in [6, 6.07) is 5.57. The van der Waals surface area contributed by atoms with Gasteiger partial charge in [-0.3, -0.25) is 0 Å². The van der Waals surface area contributed by atoms with Crippen LogP contribution in [0.1, 0.15) is 15.9 Å². The summed E-state index contributed by atoms with van der Waals surface area (Å²) in [5.41, 5.74) is 2.34. The van der Waals surface area contributed by atoms with Crippen molar-refractivity contribution in [2.24, 2.45) is 0 Å². The van der Waals surface area contributed by atoms with Crippen molar-refractivity contribution in [1.82, 2.24) is 4.90 Å². The second kappa shape index (κ2) is 4.75. The second-order valence-corrected chi connectivity index (χ2v) is 4.59. The summed E-state index contributed by atoms with van der Waals surface area (Å²) in [4.78, 5) is 15.5. The van der Waals surface area contributed by atoms with Crippen LogP contribution < -0.4 is 4.90 Å². The lowest BCUT2D eigenvalue weighted by Gasteiger charge is -2.34. The Bertz CT molecular complexity index is 423. The average Bonchev–Trinajstić information content (AvgIpc) is 2.29. The summed E-state index contributed by atoms with van der Waals surface area (Å²) in [6.45, 7) is 5.97. The van der Waals surface area contributed by atoms with Crippen LogP contribution in [0.15, 0.2) is 18.2 Å². The van der Waals surface area contributed by atoms with E-state index in [0.717, 1.165) is 37.4 Å². The molecule has 17 heavy (non-hydrogen) atoms. The second-order valence-electron chi connectivity index (χ2n) is 4.59. The molecule has 1 aromatic rings. The van der Waals surface area contributed by atoms with Crippen LogP contribution in [0.3, 0.4) is 0 Å². The van der Waals surface area contributed by atoms with Crippen LogP contribution in [0.2, 0.25) is 0 Å². The van der Waals surface area contributed by atoms with Crippen LogP contribution >= 0.6 is 0 Å². The normalized spacial score (nSPS) is 17.2. The maximum Gasteiger partial charge on any atom is 0.335 e. The number of benzene rings is 1. The Labute approximate surface area is 101 Å². The van der Waals surface area contributed by atoms with Crippen molar-refractivity contribution < 1.29 is 9.90 Å². The standard InChI is InChI=1S/C13H18N2O2/c1-10-9-11(3-4-12(10)13(16)17)15-7-5-14(2)6-8-15/h3-4,9H,5-8H2,1-2H3,(H,16,17). The molecule has 1 saturated heterocycles. The van der Waals surface area contributed by atoms with E-state index in [1.807, 2.05) is 19.1 Å². The number of anilines is 1. The van der Waals surface area contributed by atoms with Crippen molar-refractivity contribution >= 4 is 11.7 Å². The maximum absolute atomic E-state index is 10.9. The van der Waals surface area contributed by atoms with Crippen LogP contribution in [0.25, 0.3) is 0 Å². The van der Waals surface area contributed by atoms with Crippen molar-refractivity contribution in [2.75, 3.05) is 38.1 Å². The number of aryl methyl sites for hydroxylation is 1. The predicted molar refractivity (Wildman–Crippen MR) is 67.8 cm³/mol. The van der Waals surface area contributed by atoms with Crippen molar-refractivity contribution in [3.05, 3.63) is 29.3 Å². The van der Waals surface area contributed by atoms with Gasteiger partial charge in [0, 0.05) is 31.9 Å². The molecule has 0 aliphatic carbocycles. The Balaban J connectivity index is 2.17. The number of nitrogens with zero attached hydrogens (tertiary/aromatic N) is 2. The predicted octanol–water partition coefficient (Wildman–Crippen LogP) is 1.45. The van der Waals surface area contributed by atoms with Gasteiger partial charge in [0.05, 0.1) is 5.56 Å². The van der Waals surface area contributed by atoms with Gasteiger partial charge in [-0.1, -0.05) is 0 Å². The summed E-state index contributed by atoms with van der Waals surface area (Å²) in [7, 11) is 2.12. The van der Waals surface area contributed by atoms with Crippen molar-refractivity contribution in [3.8, 4) is 0 Å². The Morgan fingerprint density at radius 2 is 1.88 bits per heavy atom. The van der Waals surface area contributed by atoms with E-state index in [4.69, 9.17) is 5.11 Å². The van der Waals surface area contributed by atoms with Gasteiger partial charge in [-0.15, -0.1) is 0 Å². The lowest BCUT2D eigenvalue weighted by Crippen LogP contribution is -2.44. The van der Waals surface area contributed by atoms with E-state index in [-0.39, 0.29) is 0 Å². The zero-order valence-corrected chi connectivity index (χ0v) is 10.3. The lowest BCUT2D eigenvalue weighted by molar-refractivity contribution is 0.0696. The van der Waals surface area contributed by atoms with E-state index in [9.17, 15) is 4.79 Å². The number of hydrogen-bond acceptors (Lipinski definition) is 3. The van der Waals surface area contributed by atoms with E-state index in [1.54, 1.807) is 6.07 Å². The van der Waals surface area contributed by atoms with Crippen molar-refractivity contribution in [3.63, 3.8) is 0 Å². The van der Waals surface area contributed by atoms with E-state index < -0.39 is 5.97 Å². The van der Waals surface area contributed by atoms with Crippen LogP contribution in [-0.4, -0.2) is 49.2 Å². The lowest BCUT2D eigenvalue weighted by atomic mass is 10.1. The van der Waals surface area contributed by atoms with Crippen LogP contribution in [0, 0.1) is 6.92 Å². The van der Waals surface area contributed by atoms with Gasteiger partial charge < -0.3 is 14.9 Å². The first-order chi connectivity index (χ1) is 8.08. The number of aromatic carboxylic acids is 1. The van der Waals surface area contributed by atoms with Gasteiger partial charge in [0.1, 0.15) is 0 Å². The molecule has 0 saturated carbocycles. The molecule has 1 aliphatic rings. The Morgan fingerprint density at radius 1 is 1.24 bits per heavy atom. The third-order valence-corrected chi connectivity index (χ3v) is 3.31. The van der Waals surface area contributed by atoms with Gasteiger partial charge >= 0.3 is 5.97 Å². The summed E-state index contributed by atoms with van der Waals surface area (Å²) in [5, 5.41) is 8.98. The molecule has 0 amide bonds. The highest BCUT2D eigenvalue weighted by atomic mass is 16.4. The Hall–Kier alpha value is -1.55. The molecule has 1 aromatic carbocycles. The van der Waals surface area contributed by atoms with E-state index >= 15 is 0 Å². The minimum Gasteiger partial charge on any atom is -0.478 e. The SMILES string of the molecule is Cc1cc(N2CCN(C)CC2)ccc1C(=O)O. The van der Waals surface area contributed by atoms with Crippen LogP contribution in [0.4, 0.5) is 5.69 Å². The van der Waals surface area contributed by atoms with Gasteiger partial charge in [-0.2, -0.15) is 0 Å². The quantitative estimate of drug-likeness (QED) is 0.841. The molecule has 92 valence electrons. The van der Waals surface area contributed by atoms with Crippen LogP contribution in [-0.2, 0) is 0 Å². The Morgan fingerprint density at radius 3 is 2.41 bits per heavy atom. The summed E-state index contributed by atoms with van der Waals surface area (Å²) in [5.74, 6) is -0.854. The molecule has 1 fully saturated rings. The highest BCUT2D eigenvalue weighted by molar-refractivity contribution is 5.89. The van der Waals surface area contributed by atoms with E-state index in [2.05, 4.69) is 16.8 Å². The minimum atomic E-state index is -0.854. The molecule has 2 rings (SSSR count). The molecule has 1 heterocycles. The topological polar surface area (TPSA) is 43.8 Å². The summed E-state index contributed by atoms with van der Waals surface area (Å²) in [6.07, 6.45) is 0. The summed E-state index contributed by atoms with van der Waals surface area (Å²) < 4.78 is 0. The van der Waals surface area contributed by atoms with Gasteiger partial charge in [0.2, 0.25) is 0 Å². The van der Waals surface area contributed by atoms with Gasteiger partial charge in [0.25, 0.3) is 0 Å². The molecule has 0 atom stereocenters. The largest absolute Gasteiger partial charge is 0.478 e. The van der Waals surface area contributed by atoms with Crippen molar-refractivity contribution in [2.45, 2.75) is 6.92 Å². The first kappa shape index (κ1) is 11.9. The Kier molecular flexibility index (Phi) is 3.33. The fourth-order valence-electron chi connectivity index (χ4n) is 2.15. The maximum atomic E-state index is 10.9. The van der Waals surface area contributed by atoms with Crippen molar-refractivity contribution in [1.29, 1.82) is 0 Å². The minimum absolute atomic E-state index is 0.392.